The van der Waals surface area contributed by atoms with Crippen molar-refractivity contribution in [1.82, 2.24) is 10.2 Å². The van der Waals surface area contributed by atoms with Gasteiger partial charge in [-0.1, -0.05) is 24.3 Å². The number of anilines is 1. The van der Waals surface area contributed by atoms with Crippen LogP contribution in [0, 0.1) is 13.8 Å². The van der Waals surface area contributed by atoms with Gasteiger partial charge in [-0.05, 0) is 82.9 Å². The molecule has 204 valence electrons. The molecule has 37 heavy (non-hydrogen) atoms. The molecule has 2 aromatic carbocycles. The van der Waals surface area contributed by atoms with Crippen molar-refractivity contribution in [3.8, 4) is 5.75 Å². The van der Waals surface area contributed by atoms with Gasteiger partial charge in [0.05, 0.1) is 19.1 Å². The quantitative estimate of drug-likeness (QED) is 0.469. The molecule has 1 atom stereocenters. The Hall–Kier alpha value is -3.07. The maximum absolute atomic E-state index is 13.4. The molecule has 0 saturated carbocycles. The van der Waals surface area contributed by atoms with Crippen LogP contribution in [0.25, 0.3) is 0 Å². The molecule has 8 nitrogen and oxygen atoms in total. The minimum absolute atomic E-state index is 0.0913. The number of sulfonamides is 1. The van der Waals surface area contributed by atoms with E-state index in [-0.39, 0.29) is 31.3 Å². The van der Waals surface area contributed by atoms with Gasteiger partial charge in [-0.3, -0.25) is 13.9 Å². The summed E-state index contributed by atoms with van der Waals surface area (Å²) in [5, 5.41) is 2.94. The van der Waals surface area contributed by atoms with Crippen LogP contribution in [0.5, 0.6) is 5.75 Å². The van der Waals surface area contributed by atoms with E-state index in [9.17, 15) is 18.0 Å². The molecule has 0 fully saturated rings. The van der Waals surface area contributed by atoms with E-state index in [1.807, 2.05) is 77.1 Å². The van der Waals surface area contributed by atoms with Gasteiger partial charge in [0, 0.05) is 25.0 Å². The number of nitrogens with one attached hydrogen (secondary N) is 1. The standard InChI is InChI=1S/C28H41N3O5S/c1-20-14-15-21(2)25(17-20)31(37(8,34)35)16-10-13-26(32)30(22(3)27(33)29-28(4,5)6)19-23-11-9-12-24(18-23)36-7/h9,11-12,14-15,17-18,22H,10,13,16,19H2,1-8H3,(H,29,33)/t22-/m0/s1. The number of amides is 2. The first-order valence-corrected chi connectivity index (χ1v) is 14.3. The highest BCUT2D eigenvalue weighted by Gasteiger charge is 2.29. The number of aryl methyl sites for hydroxylation is 2. The van der Waals surface area contributed by atoms with E-state index in [0.29, 0.717) is 17.9 Å². The predicted octanol–water partition coefficient (Wildman–Crippen LogP) is 4.19. The summed E-state index contributed by atoms with van der Waals surface area (Å²) >= 11 is 0. The van der Waals surface area contributed by atoms with Gasteiger partial charge in [-0.2, -0.15) is 0 Å². The molecular formula is C28H41N3O5S. The summed E-state index contributed by atoms with van der Waals surface area (Å²) in [7, 11) is -1.98. The first-order chi connectivity index (χ1) is 17.1. The summed E-state index contributed by atoms with van der Waals surface area (Å²) in [6, 6.07) is 12.3. The third-order valence-electron chi connectivity index (χ3n) is 5.94. The molecule has 0 aliphatic carbocycles. The maximum Gasteiger partial charge on any atom is 0.242 e. The predicted molar refractivity (Wildman–Crippen MR) is 148 cm³/mol. The van der Waals surface area contributed by atoms with Crippen LogP contribution in [-0.2, 0) is 26.2 Å². The number of hydrogen-bond donors (Lipinski definition) is 1. The molecule has 0 bridgehead atoms. The Balaban J connectivity index is 2.24. The molecule has 9 heteroatoms. The van der Waals surface area contributed by atoms with Gasteiger partial charge in [0.25, 0.3) is 0 Å². The number of methoxy groups -OCH3 is 1. The average molecular weight is 532 g/mol. The molecular weight excluding hydrogens is 490 g/mol. The lowest BCUT2D eigenvalue weighted by molar-refractivity contribution is -0.141. The Labute approximate surface area is 222 Å². The van der Waals surface area contributed by atoms with Crippen molar-refractivity contribution < 1.29 is 22.7 Å². The van der Waals surface area contributed by atoms with Gasteiger partial charge in [0.15, 0.2) is 0 Å². The van der Waals surface area contributed by atoms with Crippen molar-refractivity contribution in [1.29, 1.82) is 0 Å². The van der Waals surface area contributed by atoms with Gasteiger partial charge >= 0.3 is 0 Å². The van der Waals surface area contributed by atoms with E-state index in [1.165, 1.54) is 10.6 Å². The number of nitrogens with zero attached hydrogens (tertiary/aromatic N) is 2. The molecule has 0 aromatic heterocycles. The SMILES string of the molecule is COc1cccc(CN(C(=O)CCCN(c2cc(C)ccc2C)S(C)(=O)=O)[C@@H](C)C(=O)NC(C)(C)C)c1. The zero-order valence-corrected chi connectivity index (χ0v) is 24.1. The smallest absolute Gasteiger partial charge is 0.242 e. The van der Waals surface area contributed by atoms with Crippen molar-refractivity contribution in [2.24, 2.45) is 0 Å². The lowest BCUT2D eigenvalue weighted by Crippen LogP contribution is -2.52. The summed E-state index contributed by atoms with van der Waals surface area (Å²) in [6.45, 7) is 11.5. The van der Waals surface area contributed by atoms with Crippen LogP contribution in [0.1, 0.15) is 57.2 Å². The van der Waals surface area contributed by atoms with Crippen LogP contribution in [0.3, 0.4) is 0 Å². The van der Waals surface area contributed by atoms with E-state index in [1.54, 1.807) is 18.9 Å². The van der Waals surface area contributed by atoms with Crippen LogP contribution in [0.15, 0.2) is 42.5 Å². The Bertz CT molecular complexity index is 1200. The van der Waals surface area contributed by atoms with Crippen molar-refractivity contribution in [3.63, 3.8) is 0 Å². The lowest BCUT2D eigenvalue weighted by Gasteiger charge is -2.32. The molecule has 0 aliphatic rings. The van der Waals surface area contributed by atoms with Crippen molar-refractivity contribution in [3.05, 3.63) is 59.2 Å². The molecule has 0 saturated heterocycles. The third-order valence-corrected chi connectivity index (χ3v) is 7.12. The second-order valence-corrected chi connectivity index (χ2v) is 12.4. The van der Waals surface area contributed by atoms with Gasteiger partial charge in [-0.15, -0.1) is 0 Å². The molecule has 2 aromatic rings. The van der Waals surface area contributed by atoms with Crippen LogP contribution in [0.2, 0.25) is 0 Å². The van der Waals surface area contributed by atoms with E-state index in [2.05, 4.69) is 5.32 Å². The highest BCUT2D eigenvalue weighted by molar-refractivity contribution is 7.92. The molecule has 2 amide bonds. The number of hydrogen-bond acceptors (Lipinski definition) is 5. The van der Waals surface area contributed by atoms with Crippen molar-refractivity contribution in [2.75, 3.05) is 24.2 Å². The van der Waals surface area contributed by atoms with Crippen LogP contribution >= 0.6 is 0 Å². The molecule has 0 aliphatic heterocycles. The summed E-state index contributed by atoms with van der Waals surface area (Å²) in [4.78, 5) is 28.0. The lowest BCUT2D eigenvalue weighted by atomic mass is 10.1. The largest absolute Gasteiger partial charge is 0.497 e. The highest BCUT2D eigenvalue weighted by atomic mass is 32.2. The monoisotopic (exact) mass is 531 g/mol. The molecule has 1 N–H and O–H groups in total. The van der Waals surface area contributed by atoms with Gasteiger partial charge in [0.1, 0.15) is 11.8 Å². The molecule has 0 heterocycles. The van der Waals surface area contributed by atoms with E-state index >= 15 is 0 Å². The Kier molecular flexibility index (Phi) is 10.1. The van der Waals surface area contributed by atoms with Gasteiger partial charge in [-0.25, -0.2) is 8.42 Å². The maximum atomic E-state index is 13.4. The minimum Gasteiger partial charge on any atom is -0.497 e. The topological polar surface area (TPSA) is 96.0 Å². The fourth-order valence-corrected chi connectivity index (χ4v) is 5.01. The Morgan fingerprint density at radius 3 is 2.35 bits per heavy atom. The third kappa shape index (κ3) is 9.07. The Morgan fingerprint density at radius 2 is 1.76 bits per heavy atom. The average Bonchev–Trinajstić information content (AvgIpc) is 2.79. The van der Waals surface area contributed by atoms with E-state index in [4.69, 9.17) is 4.74 Å². The molecule has 0 radical (unpaired) electrons. The van der Waals surface area contributed by atoms with Gasteiger partial charge in [0.2, 0.25) is 21.8 Å². The Morgan fingerprint density at radius 1 is 1.08 bits per heavy atom. The normalized spacial score (nSPS) is 12.5. The van der Waals surface area contributed by atoms with Crippen LogP contribution < -0.4 is 14.4 Å². The van der Waals surface area contributed by atoms with E-state index < -0.39 is 21.6 Å². The molecule has 0 spiro atoms. The number of rotatable bonds is 11. The van der Waals surface area contributed by atoms with Gasteiger partial charge < -0.3 is 15.0 Å². The number of carbonyl (C=O) groups is 2. The van der Waals surface area contributed by atoms with Crippen molar-refractivity contribution >= 4 is 27.5 Å². The van der Waals surface area contributed by atoms with Crippen LogP contribution in [-0.4, -0.2) is 56.6 Å². The zero-order chi connectivity index (χ0) is 28.0. The molecule has 0 unspecified atom stereocenters. The number of carbonyl (C=O) groups excluding carboxylic acids is 2. The van der Waals surface area contributed by atoms with Crippen LogP contribution in [0.4, 0.5) is 5.69 Å². The summed E-state index contributed by atoms with van der Waals surface area (Å²) in [6.07, 6.45) is 1.57. The van der Waals surface area contributed by atoms with Crippen molar-refractivity contribution in [2.45, 2.75) is 72.5 Å². The first-order valence-electron chi connectivity index (χ1n) is 12.4. The zero-order valence-electron chi connectivity index (χ0n) is 23.3. The number of benzene rings is 2. The fourth-order valence-electron chi connectivity index (χ4n) is 3.99. The molecule has 2 rings (SSSR count). The minimum atomic E-state index is -3.55. The summed E-state index contributed by atoms with van der Waals surface area (Å²) in [5.74, 6) is 0.180. The second-order valence-electron chi connectivity index (χ2n) is 10.5. The van der Waals surface area contributed by atoms with E-state index in [0.717, 1.165) is 16.7 Å². The first kappa shape index (κ1) is 30.2. The highest BCUT2D eigenvalue weighted by Crippen LogP contribution is 2.25. The number of ether oxygens (including phenoxy) is 1. The fraction of sp³-hybridized carbons (Fsp3) is 0.500. The summed E-state index contributed by atoms with van der Waals surface area (Å²) < 4.78 is 31.9. The second kappa shape index (κ2) is 12.4. The summed E-state index contributed by atoms with van der Waals surface area (Å²) in [5.41, 5.74) is 2.79.